The van der Waals surface area contributed by atoms with Gasteiger partial charge in [-0.3, -0.25) is 14.9 Å². The van der Waals surface area contributed by atoms with Crippen LogP contribution in [-0.4, -0.2) is 33.5 Å². The van der Waals surface area contributed by atoms with E-state index in [2.05, 4.69) is 5.32 Å². The van der Waals surface area contributed by atoms with Gasteiger partial charge in [-0.1, -0.05) is 29.3 Å². The second-order valence-electron chi connectivity index (χ2n) is 7.57. The van der Waals surface area contributed by atoms with E-state index in [0.29, 0.717) is 15.6 Å². The second kappa shape index (κ2) is 8.81. The fourth-order valence-corrected chi connectivity index (χ4v) is 4.07. The third-order valence-corrected chi connectivity index (χ3v) is 6.12. The summed E-state index contributed by atoms with van der Waals surface area (Å²) in [6, 6.07) is 11.3. The zero-order valence-corrected chi connectivity index (χ0v) is 19.4. The SMILES string of the molecule is Cc1cc(/C=C2/C(=O)NC(=O)N(c3cccc(C(=O)O)c3)C2=O)c(C)n1-c1ccc(Cl)c(Cl)c1. The molecule has 2 N–H and O–H groups in total. The molecule has 4 amide bonds. The summed E-state index contributed by atoms with van der Waals surface area (Å²) in [6.07, 6.45) is 1.40. The Balaban J connectivity index is 1.77. The van der Waals surface area contributed by atoms with Crippen LogP contribution in [0.4, 0.5) is 10.5 Å². The third kappa shape index (κ3) is 4.09. The van der Waals surface area contributed by atoms with Crippen LogP contribution in [0.3, 0.4) is 0 Å². The van der Waals surface area contributed by atoms with E-state index in [9.17, 15) is 24.3 Å². The molecule has 1 aliphatic heterocycles. The summed E-state index contributed by atoms with van der Waals surface area (Å²) in [5.74, 6) is -2.93. The summed E-state index contributed by atoms with van der Waals surface area (Å²) in [5, 5.41) is 12.2. The average Bonchev–Trinajstić information content (AvgIpc) is 3.06. The van der Waals surface area contributed by atoms with Crippen LogP contribution in [0.1, 0.15) is 27.3 Å². The predicted octanol–water partition coefficient (Wildman–Crippen LogP) is 4.77. The van der Waals surface area contributed by atoms with Gasteiger partial charge in [-0.25, -0.2) is 14.5 Å². The van der Waals surface area contributed by atoms with Crippen LogP contribution in [-0.2, 0) is 9.59 Å². The Morgan fingerprint density at radius 3 is 2.38 bits per heavy atom. The van der Waals surface area contributed by atoms with Gasteiger partial charge in [-0.15, -0.1) is 0 Å². The topological polar surface area (TPSA) is 109 Å². The number of nitrogens with zero attached hydrogens (tertiary/aromatic N) is 2. The first-order chi connectivity index (χ1) is 16.1. The molecule has 172 valence electrons. The number of benzene rings is 2. The maximum Gasteiger partial charge on any atom is 0.335 e. The van der Waals surface area contributed by atoms with Gasteiger partial charge in [0.25, 0.3) is 11.8 Å². The summed E-state index contributed by atoms with van der Waals surface area (Å²) < 4.78 is 1.89. The molecule has 0 spiro atoms. The molecule has 1 aromatic heterocycles. The Morgan fingerprint density at radius 1 is 0.971 bits per heavy atom. The van der Waals surface area contributed by atoms with Crippen LogP contribution in [0, 0.1) is 13.8 Å². The van der Waals surface area contributed by atoms with E-state index in [0.717, 1.165) is 22.0 Å². The zero-order chi connectivity index (χ0) is 24.7. The number of aromatic nitrogens is 1. The number of carbonyl (C=O) groups is 4. The Morgan fingerprint density at radius 2 is 1.71 bits per heavy atom. The number of hydrogen-bond donors (Lipinski definition) is 2. The lowest BCUT2D eigenvalue weighted by atomic mass is 10.1. The van der Waals surface area contributed by atoms with E-state index in [1.54, 1.807) is 24.3 Å². The van der Waals surface area contributed by atoms with Crippen LogP contribution in [0.15, 0.2) is 54.1 Å². The molecule has 0 unspecified atom stereocenters. The van der Waals surface area contributed by atoms with Gasteiger partial charge in [0, 0.05) is 17.1 Å². The molecule has 0 aliphatic carbocycles. The third-order valence-electron chi connectivity index (χ3n) is 5.38. The number of halogens is 2. The first kappa shape index (κ1) is 23.3. The molecule has 10 heteroatoms. The molecular weight excluding hydrogens is 481 g/mol. The number of carboxylic acid groups (broad SMARTS) is 1. The highest BCUT2D eigenvalue weighted by molar-refractivity contribution is 6.42. The maximum atomic E-state index is 13.2. The number of carbonyl (C=O) groups excluding carboxylic acids is 3. The number of amides is 4. The summed E-state index contributed by atoms with van der Waals surface area (Å²) in [6.45, 7) is 3.67. The standard InChI is InChI=1S/C24H17Cl2N3O5/c1-12-8-15(13(2)28(12)17-6-7-19(25)20(26)11-17)10-18-21(30)27-24(34)29(22(18)31)16-5-3-4-14(9-16)23(32)33/h3-11H,1-2H3,(H,32,33)(H,27,30,34)/b18-10-. The molecule has 34 heavy (non-hydrogen) atoms. The molecule has 1 aliphatic rings. The maximum absolute atomic E-state index is 13.2. The number of imide groups is 2. The molecule has 2 heterocycles. The minimum atomic E-state index is -1.21. The van der Waals surface area contributed by atoms with Gasteiger partial charge in [-0.05, 0) is 68.0 Å². The number of barbiturate groups is 1. The molecule has 1 saturated heterocycles. The van der Waals surface area contributed by atoms with Crippen molar-refractivity contribution in [1.29, 1.82) is 0 Å². The average molecular weight is 498 g/mol. The minimum Gasteiger partial charge on any atom is -0.478 e. The fraction of sp³-hybridized carbons (Fsp3) is 0.0833. The van der Waals surface area contributed by atoms with Crippen LogP contribution < -0.4 is 10.2 Å². The largest absolute Gasteiger partial charge is 0.478 e. The van der Waals surface area contributed by atoms with E-state index in [-0.39, 0.29) is 16.8 Å². The summed E-state index contributed by atoms with van der Waals surface area (Å²) >= 11 is 12.2. The molecule has 2 aromatic carbocycles. The Labute approximate surface area is 204 Å². The van der Waals surface area contributed by atoms with Crippen molar-refractivity contribution in [2.75, 3.05) is 4.90 Å². The van der Waals surface area contributed by atoms with E-state index in [1.807, 2.05) is 18.4 Å². The van der Waals surface area contributed by atoms with E-state index < -0.39 is 23.8 Å². The normalized spacial score (nSPS) is 15.1. The molecule has 3 aromatic rings. The van der Waals surface area contributed by atoms with E-state index in [1.165, 1.54) is 30.3 Å². The van der Waals surface area contributed by atoms with Crippen LogP contribution in [0.25, 0.3) is 11.8 Å². The zero-order valence-electron chi connectivity index (χ0n) is 17.9. The Bertz CT molecular complexity index is 1420. The van der Waals surface area contributed by atoms with Gasteiger partial charge in [0.05, 0.1) is 21.3 Å². The van der Waals surface area contributed by atoms with Crippen molar-refractivity contribution in [3.05, 3.63) is 86.7 Å². The van der Waals surface area contributed by atoms with Crippen LogP contribution in [0.5, 0.6) is 0 Å². The molecule has 0 atom stereocenters. The molecule has 1 fully saturated rings. The highest BCUT2D eigenvalue weighted by Crippen LogP contribution is 2.29. The van der Waals surface area contributed by atoms with Crippen molar-refractivity contribution < 1.29 is 24.3 Å². The van der Waals surface area contributed by atoms with Crippen molar-refractivity contribution in [1.82, 2.24) is 9.88 Å². The van der Waals surface area contributed by atoms with Crippen LogP contribution >= 0.6 is 23.2 Å². The number of urea groups is 1. The lowest BCUT2D eigenvalue weighted by Crippen LogP contribution is -2.54. The van der Waals surface area contributed by atoms with Gasteiger partial charge in [0.2, 0.25) is 0 Å². The van der Waals surface area contributed by atoms with Gasteiger partial charge < -0.3 is 9.67 Å². The molecule has 4 rings (SSSR count). The number of nitrogens with one attached hydrogen (secondary N) is 1. The van der Waals surface area contributed by atoms with Crippen molar-refractivity contribution in [3.8, 4) is 5.69 Å². The first-order valence-corrected chi connectivity index (χ1v) is 10.7. The smallest absolute Gasteiger partial charge is 0.335 e. The number of carboxylic acids is 1. The predicted molar refractivity (Wildman–Crippen MR) is 128 cm³/mol. The van der Waals surface area contributed by atoms with Crippen molar-refractivity contribution in [2.45, 2.75) is 13.8 Å². The van der Waals surface area contributed by atoms with Gasteiger partial charge in [0.15, 0.2) is 0 Å². The van der Waals surface area contributed by atoms with Crippen molar-refractivity contribution >= 4 is 58.8 Å². The molecule has 8 nitrogen and oxygen atoms in total. The highest BCUT2D eigenvalue weighted by Gasteiger charge is 2.37. The fourth-order valence-electron chi connectivity index (χ4n) is 3.78. The summed E-state index contributed by atoms with van der Waals surface area (Å²) in [4.78, 5) is 50.2. The monoisotopic (exact) mass is 497 g/mol. The number of rotatable bonds is 4. The lowest BCUT2D eigenvalue weighted by Gasteiger charge is -2.26. The van der Waals surface area contributed by atoms with Gasteiger partial charge in [-0.2, -0.15) is 0 Å². The van der Waals surface area contributed by atoms with Crippen molar-refractivity contribution in [3.63, 3.8) is 0 Å². The quantitative estimate of drug-likeness (QED) is 0.398. The lowest BCUT2D eigenvalue weighted by molar-refractivity contribution is -0.122. The number of aromatic carboxylic acids is 1. The molecule has 0 bridgehead atoms. The Hall–Kier alpha value is -3.88. The highest BCUT2D eigenvalue weighted by atomic mass is 35.5. The van der Waals surface area contributed by atoms with E-state index >= 15 is 0 Å². The number of anilines is 1. The first-order valence-electron chi connectivity index (χ1n) is 9.97. The Kier molecular flexibility index (Phi) is 6.03. The molecule has 0 radical (unpaired) electrons. The number of hydrogen-bond acceptors (Lipinski definition) is 4. The van der Waals surface area contributed by atoms with Gasteiger partial charge in [0.1, 0.15) is 5.57 Å². The van der Waals surface area contributed by atoms with Gasteiger partial charge >= 0.3 is 12.0 Å². The molecule has 0 saturated carbocycles. The van der Waals surface area contributed by atoms with E-state index in [4.69, 9.17) is 23.2 Å². The van der Waals surface area contributed by atoms with Crippen LogP contribution in [0.2, 0.25) is 10.0 Å². The van der Waals surface area contributed by atoms with Crippen molar-refractivity contribution in [2.24, 2.45) is 0 Å². The summed E-state index contributed by atoms with van der Waals surface area (Å²) in [7, 11) is 0. The minimum absolute atomic E-state index is 0.0297. The number of aryl methyl sites for hydroxylation is 1. The molecular formula is C24H17Cl2N3O5. The second-order valence-corrected chi connectivity index (χ2v) is 8.39. The summed E-state index contributed by atoms with van der Waals surface area (Å²) in [5.41, 5.74) is 2.52.